The van der Waals surface area contributed by atoms with E-state index in [0.717, 1.165) is 0 Å². The first-order chi connectivity index (χ1) is 3.81. The van der Waals surface area contributed by atoms with E-state index in [2.05, 4.69) is 4.74 Å². The van der Waals surface area contributed by atoms with Crippen molar-refractivity contribution in [3.8, 4) is 0 Å². The van der Waals surface area contributed by atoms with E-state index >= 15 is 0 Å². The molecule has 0 radical (unpaired) electrons. The van der Waals surface area contributed by atoms with Gasteiger partial charge in [0.25, 0.3) is 0 Å². The average molecular weight is 159 g/mol. The zero-order valence-corrected chi connectivity index (χ0v) is 5.82. The minimum absolute atomic E-state index is 0.0941. The summed E-state index contributed by atoms with van der Waals surface area (Å²) in [5.41, 5.74) is 0. The molecule has 0 aliphatic carbocycles. The van der Waals surface area contributed by atoms with Crippen LogP contribution in [0, 0.1) is 0 Å². The van der Waals surface area contributed by atoms with Gasteiger partial charge in [0.2, 0.25) is 0 Å². The van der Waals surface area contributed by atoms with Crippen LogP contribution in [-0.4, -0.2) is 29.8 Å². The molecule has 0 spiro atoms. The number of ether oxygens (including phenoxy) is 1. The second kappa shape index (κ2) is 5.63. The minimum Gasteiger partial charge on any atom is -0.367 e. The van der Waals surface area contributed by atoms with Crippen LogP contribution in [-0.2, 0) is 4.74 Å². The molecule has 8 heavy (non-hydrogen) atoms. The molecule has 0 saturated carbocycles. The second-order valence-corrected chi connectivity index (χ2v) is 1.86. The van der Waals surface area contributed by atoms with Crippen molar-refractivity contribution in [2.45, 2.75) is 6.29 Å². The van der Waals surface area contributed by atoms with Crippen molar-refractivity contribution in [3.05, 3.63) is 0 Å². The summed E-state index contributed by atoms with van der Waals surface area (Å²) in [6.07, 6.45) is -0.865. The van der Waals surface area contributed by atoms with Crippen LogP contribution in [0.4, 0.5) is 0 Å². The number of hydrogen-bond acceptors (Lipinski definition) is 2. The smallest absolute Gasteiger partial charge is 0.168 e. The summed E-state index contributed by atoms with van der Waals surface area (Å²) in [6, 6.07) is 0. The summed E-state index contributed by atoms with van der Waals surface area (Å²) in [7, 11) is 0. The molecule has 1 unspecified atom stereocenters. The molecular formula is C4H8Cl2O2. The molecule has 1 N–H and O–H groups in total. The van der Waals surface area contributed by atoms with Gasteiger partial charge in [-0.3, -0.25) is 0 Å². The third-order valence-corrected chi connectivity index (χ3v) is 0.938. The van der Waals surface area contributed by atoms with E-state index in [0.29, 0.717) is 12.5 Å². The Morgan fingerprint density at radius 3 is 2.50 bits per heavy atom. The van der Waals surface area contributed by atoms with Gasteiger partial charge in [0.15, 0.2) is 6.29 Å². The molecular weight excluding hydrogens is 151 g/mol. The van der Waals surface area contributed by atoms with E-state index < -0.39 is 6.29 Å². The number of aliphatic hydroxyl groups is 1. The van der Waals surface area contributed by atoms with Gasteiger partial charge in [0.1, 0.15) is 0 Å². The summed E-state index contributed by atoms with van der Waals surface area (Å²) in [4.78, 5) is 0. The standard InChI is InChI=1S/C4H8Cl2O2/c5-1-2-8-4(7)3-6/h4,7H,1-3H2. The molecule has 0 heterocycles. The highest BCUT2D eigenvalue weighted by atomic mass is 35.5. The number of hydrogen-bond donors (Lipinski definition) is 1. The van der Waals surface area contributed by atoms with Gasteiger partial charge in [-0.25, -0.2) is 0 Å². The van der Waals surface area contributed by atoms with Crippen molar-refractivity contribution in [1.82, 2.24) is 0 Å². The fourth-order valence-electron chi connectivity index (χ4n) is 0.225. The highest BCUT2D eigenvalue weighted by Gasteiger charge is 1.97. The van der Waals surface area contributed by atoms with Crippen LogP contribution in [0.15, 0.2) is 0 Å². The van der Waals surface area contributed by atoms with E-state index in [-0.39, 0.29) is 5.88 Å². The molecule has 0 bridgehead atoms. The number of rotatable bonds is 4. The van der Waals surface area contributed by atoms with Crippen LogP contribution in [0.25, 0.3) is 0 Å². The van der Waals surface area contributed by atoms with E-state index in [4.69, 9.17) is 28.3 Å². The van der Waals surface area contributed by atoms with Crippen LogP contribution in [0.1, 0.15) is 0 Å². The Hall–Kier alpha value is 0.500. The van der Waals surface area contributed by atoms with Gasteiger partial charge in [-0.2, -0.15) is 0 Å². The molecule has 0 rings (SSSR count). The average Bonchev–Trinajstić information content (AvgIpc) is 1.83. The van der Waals surface area contributed by atoms with Gasteiger partial charge in [-0.05, 0) is 0 Å². The van der Waals surface area contributed by atoms with E-state index in [1.54, 1.807) is 0 Å². The molecule has 4 heteroatoms. The normalized spacial score (nSPS) is 13.9. The maximum absolute atomic E-state index is 8.58. The number of halogens is 2. The zero-order valence-electron chi connectivity index (χ0n) is 4.31. The van der Waals surface area contributed by atoms with Crippen molar-refractivity contribution in [3.63, 3.8) is 0 Å². The molecule has 0 aromatic carbocycles. The van der Waals surface area contributed by atoms with Gasteiger partial charge in [0.05, 0.1) is 12.5 Å². The predicted molar refractivity (Wildman–Crippen MR) is 33.4 cm³/mol. The molecule has 2 nitrogen and oxygen atoms in total. The Bertz CT molecular complexity index is 51.3. The molecule has 1 atom stereocenters. The summed E-state index contributed by atoms with van der Waals surface area (Å²) in [5.74, 6) is 0.477. The Balaban J connectivity index is 2.86. The molecule has 0 saturated heterocycles. The summed E-state index contributed by atoms with van der Waals surface area (Å²) >= 11 is 10.4. The van der Waals surface area contributed by atoms with Crippen molar-refractivity contribution in [2.75, 3.05) is 18.4 Å². The van der Waals surface area contributed by atoms with Gasteiger partial charge in [0, 0.05) is 5.88 Å². The fourth-order valence-corrected chi connectivity index (χ4v) is 0.403. The van der Waals surface area contributed by atoms with Crippen LogP contribution >= 0.6 is 23.2 Å². The summed E-state index contributed by atoms with van der Waals surface area (Å²) < 4.78 is 4.63. The zero-order chi connectivity index (χ0) is 6.41. The SMILES string of the molecule is OC(CCl)OCCCl. The largest absolute Gasteiger partial charge is 0.367 e. The molecule has 0 aliphatic rings. The van der Waals surface area contributed by atoms with Gasteiger partial charge >= 0.3 is 0 Å². The fraction of sp³-hybridized carbons (Fsp3) is 1.00. The first-order valence-electron chi connectivity index (χ1n) is 2.23. The molecule has 0 aromatic heterocycles. The van der Waals surface area contributed by atoms with Gasteiger partial charge in [-0.1, -0.05) is 0 Å². The van der Waals surface area contributed by atoms with Crippen molar-refractivity contribution < 1.29 is 9.84 Å². The Kier molecular flexibility index (Phi) is 5.99. The summed E-state index contributed by atoms with van der Waals surface area (Å²) in [6.45, 7) is 0.343. The first-order valence-corrected chi connectivity index (χ1v) is 3.29. The topological polar surface area (TPSA) is 29.5 Å². The maximum Gasteiger partial charge on any atom is 0.168 e. The third kappa shape index (κ3) is 4.65. The maximum atomic E-state index is 8.58. The third-order valence-electron chi connectivity index (χ3n) is 0.519. The van der Waals surface area contributed by atoms with Gasteiger partial charge < -0.3 is 9.84 Å². The lowest BCUT2D eigenvalue weighted by atomic mass is 10.7. The monoisotopic (exact) mass is 158 g/mol. The van der Waals surface area contributed by atoms with E-state index in [9.17, 15) is 0 Å². The minimum atomic E-state index is -0.865. The molecule has 0 aromatic rings. The molecule has 0 amide bonds. The Labute approximate surface area is 58.3 Å². The number of alkyl halides is 2. The lowest BCUT2D eigenvalue weighted by molar-refractivity contribution is -0.0766. The van der Waals surface area contributed by atoms with Crippen LogP contribution < -0.4 is 0 Å². The lowest BCUT2D eigenvalue weighted by Gasteiger charge is -2.04. The Morgan fingerprint density at radius 2 is 2.12 bits per heavy atom. The van der Waals surface area contributed by atoms with Crippen molar-refractivity contribution in [1.29, 1.82) is 0 Å². The molecule has 0 fully saturated rings. The highest BCUT2D eigenvalue weighted by molar-refractivity contribution is 6.18. The molecule has 0 aliphatic heterocycles. The van der Waals surface area contributed by atoms with Gasteiger partial charge in [-0.15, -0.1) is 23.2 Å². The number of aliphatic hydroxyl groups excluding tert-OH is 1. The van der Waals surface area contributed by atoms with Crippen molar-refractivity contribution >= 4 is 23.2 Å². The first kappa shape index (κ1) is 8.50. The van der Waals surface area contributed by atoms with Crippen LogP contribution in [0.3, 0.4) is 0 Å². The van der Waals surface area contributed by atoms with Crippen LogP contribution in [0.2, 0.25) is 0 Å². The molecule has 50 valence electrons. The summed E-state index contributed by atoms with van der Waals surface area (Å²) in [5, 5.41) is 8.58. The second-order valence-electron chi connectivity index (χ2n) is 1.17. The quantitative estimate of drug-likeness (QED) is 0.485. The lowest BCUT2D eigenvalue weighted by Crippen LogP contribution is -2.14. The van der Waals surface area contributed by atoms with E-state index in [1.807, 2.05) is 0 Å². The Morgan fingerprint density at radius 1 is 1.50 bits per heavy atom. The van der Waals surface area contributed by atoms with Crippen LogP contribution in [0.5, 0.6) is 0 Å². The van der Waals surface area contributed by atoms with Crippen molar-refractivity contribution in [2.24, 2.45) is 0 Å². The highest BCUT2D eigenvalue weighted by Crippen LogP contribution is 1.89. The predicted octanol–water partition coefficient (Wildman–Crippen LogP) is 0.799. The van der Waals surface area contributed by atoms with E-state index in [1.165, 1.54) is 0 Å².